The molecular weight excluding hydrogens is 146 g/mol. The highest BCUT2D eigenvalue weighted by atomic mass is 16.4. The van der Waals surface area contributed by atoms with Crippen LogP contribution in [0.25, 0.3) is 0 Å². The first-order chi connectivity index (χ1) is 5.16. The van der Waals surface area contributed by atoms with Gasteiger partial charge in [0.15, 0.2) is 0 Å². The van der Waals surface area contributed by atoms with Crippen molar-refractivity contribution in [3.63, 3.8) is 0 Å². The van der Waals surface area contributed by atoms with Crippen molar-refractivity contribution < 1.29 is 14.7 Å². The maximum absolute atomic E-state index is 10.6. The second-order valence-electron chi connectivity index (χ2n) is 2.31. The fourth-order valence-electron chi connectivity index (χ4n) is 0.717. The summed E-state index contributed by atoms with van der Waals surface area (Å²) in [5.41, 5.74) is 0. The largest absolute Gasteiger partial charge is 0.465 e. The second kappa shape index (κ2) is 5.70. The van der Waals surface area contributed by atoms with Crippen LogP contribution in [0.15, 0.2) is 0 Å². The van der Waals surface area contributed by atoms with E-state index in [-0.39, 0.29) is 0 Å². The molecule has 0 heterocycles. The van der Waals surface area contributed by atoms with Gasteiger partial charge in [-0.3, -0.25) is 10.1 Å². The highest BCUT2D eigenvalue weighted by Gasteiger charge is 2.03. The number of imide groups is 1. The minimum atomic E-state index is -1.27. The number of rotatable bonds is 4. The quantitative estimate of drug-likeness (QED) is 0.608. The monoisotopic (exact) mass is 159 g/mol. The molecule has 0 saturated carbocycles. The van der Waals surface area contributed by atoms with Crippen molar-refractivity contribution >= 4 is 12.0 Å². The first-order valence-corrected chi connectivity index (χ1v) is 3.69. The number of hydrogen-bond acceptors (Lipinski definition) is 2. The molecule has 0 bridgehead atoms. The zero-order valence-corrected chi connectivity index (χ0v) is 6.59. The Hall–Kier alpha value is -1.06. The van der Waals surface area contributed by atoms with Gasteiger partial charge < -0.3 is 5.11 Å². The number of nitrogens with one attached hydrogen (secondary N) is 1. The van der Waals surface area contributed by atoms with Gasteiger partial charge in [0.2, 0.25) is 5.91 Å². The highest BCUT2D eigenvalue weighted by Crippen LogP contribution is 1.97. The van der Waals surface area contributed by atoms with Crippen LogP contribution in [-0.2, 0) is 4.79 Å². The molecule has 0 spiro atoms. The molecule has 0 aliphatic carbocycles. The van der Waals surface area contributed by atoms with E-state index in [2.05, 4.69) is 0 Å². The zero-order chi connectivity index (χ0) is 8.69. The van der Waals surface area contributed by atoms with Gasteiger partial charge in [0.05, 0.1) is 0 Å². The van der Waals surface area contributed by atoms with E-state index < -0.39 is 12.0 Å². The van der Waals surface area contributed by atoms with Gasteiger partial charge in [0, 0.05) is 6.42 Å². The van der Waals surface area contributed by atoms with Gasteiger partial charge in [0.1, 0.15) is 0 Å². The van der Waals surface area contributed by atoms with Gasteiger partial charge in [-0.25, -0.2) is 4.79 Å². The lowest BCUT2D eigenvalue weighted by Gasteiger charge is -1.97. The SMILES string of the molecule is CCCCCC(=O)NC(=O)O. The van der Waals surface area contributed by atoms with Crippen LogP contribution >= 0.6 is 0 Å². The molecule has 0 radical (unpaired) electrons. The normalized spacial score (nSPS) is 9.18. The summed E-state index contributed by atoms with van der Waals surface area (Å²) in [5, 5.41) is 9.89. The van der Waals surface area contributed by atoms with E-state index in [0.717, 1.165) is 19.3 Å². The van der Waals surface area contributed by atoms with Crippen LogP contribution in [0.4, 0.5) is 4.79 Å². The van der Waals surface area contributed by atoms with Crippen molar-refractivity contribution in [2.75, 3.05) is 0 Å². The molecule has 0 rings (SSSR count). The van der Waals surface area contributed by atoms with Gasteiger partial charge >= 0.3 is 6.09 Å². The third-order valence-electron chi connectivity index (χ3n) is 1.25. The Balaban J connectivity index is 3.30. The molecule has 0 aromatic rings. The summed E-state index contributed by atoms with van der Waals surface area (Å²) in [7, 11) is 0. The minimum absolute atomic E-state index is 0.306. The molecule has 4 heteroatoms. The molecule has 2 N–H and O–H groups in total. The van der Waals surface area contributed by atoms with Gasteiger partial charge in [-0.1, -0.05) is 19.8 Å². The highest BCUT2D eigenvalue weighted by molar-refractivity contribution is 5.90. The first-order valence-electron chi connectivity index (χ1n) is 3.69. The number of amides is 2. The van der Waals surface area contributed by atoms with Crippen LogP contribution in [-0.4, -0.2) is 17.1 Å². The molecule has 0 saturated heterocycles. The van der Waals surface area contributed by atoms with Crippen LogP contribution in [0.5, 0.6) is 0 Å². The number of unbranched alkanes of at least 4 members (excludes halogenated alkanes) is 2. The van der Waals surface area contributed by atoms with Crippen LogP contribution in [0.1, 0.15) is 32.6 Å². The third kappa shape index (κ3) is 6.83. The summed E-state index contributed by atoms with van der Waals surface area (Å²) in [4.78, 5) is 20.5. The molecule has 0 fully saturated rings. The van der Waals surface area contributed by atoms with Gasteiger partial charge in [-0.05, 0) is 6.42 Å². The average Bonchev–Trinajstić information content (AvgIpc) is 1.86. The Morgan fingerprint density at radius 1 is 1.36 bits per heavy atom. The molecular formula is C7H13NO3. The van der Waals surface area contributed by atoms with Crippen LogP contribution in [0, 0.1) is 0 Å². The van der Waals surface area contributed by atoms with E-state index in [9.17, 15) is 9.59 Å². The molecule has 0 atom stereocenters. The predicted octanol–water partition coefficient (Wildman–Crippen LogP) is 1.36. The first kappa shape index (κ1) is 9.94. The zero-order valence-electron chi connectivity index (χ0n) is 6.59. The Labute approximate surface area is 65.6 Å². The summed E-state index contributed by atoms with van der Waals surface area (Å²) in [6, 6.07) is 0. The third-order valence-corrected chi connectivity index (χ3v) is 1.25. The van der Waals surface area contributed by atoms with E-state index in [4.69, 9.17) is 5.11 Å². The Kier molecular flexibility index (Phi) is 5.15. The molecule has 11 heavy (non-hydrogen) atoms. The van der Waals surface area contributed by atoms with Gasteiger partial charge in [0.25, 0.3) is 0 Å². The second-order valence-corrected chi connectivity index (χ2v) is 2.31. The van der Waals surface area contributed by atoms with E-state index in [0.29, 0.717) is 6.42 Å². The van der Waals surface area contributed by atoms with Crippen LogP contribution in [0.2, 0.25) is 0 Å². The molecule has 4 nitrogen and oxygen atoms in total. The summed E-state index contributed by atoms with van der Waals surface area (Å²) >= 11 is 0. The molecule has 2 amide bonds. The molecule has 64 valence electrons. The molecule has 0 aromatic heterocycles. The van der Waals surface area contributed by atoms with Crippen molar-refractivity contribution in [1.29, 1.82) is 0 Å². The lowest BCUT2D eigenvalue weighted by Crippen LogP contribution is -2.28. The topological polar surface area (TPSA) is 66.4 Å². The molecule has 0 aromatic carbocycles. The fraction of sp³-hybridized carbons (Fsp3) is 0.714. The number of carbonyl (C=O) groups is 2. The fourth-order valence-corrected chi connectivity index (χ4v) is 0.717. The van der Waals surface area contributed by atoms with Crippen LogP contribution < -0.4 is 5.32 Å². The number of hydrogen-bond donors (Lipinski definition) is 2. The number of carboxylic acid groups (broad SMARTS) is 1. The van der Waals surface area contributed by atoms with E-state index >= 15 is 0 Å². The van der Waals surface area contributed by atoms with Crippen molar-refractivity contribution in [1.82, 2.24) is 5.32 Å². The maximum atomic E-state index is 10.6. The molecule has 0 aliphatic rings. The predicted molar refractivity (Wildman–Crippen MR) is 40.3 cm³/mol. The van der Waals surface area contributed by atoms with Crippen molar-refractivity contribution in [3.8, 4) is 0 Å². The van der Waals surface area contributed by atoms with Gasteiger partial charge in [-0.15, -0.1) is 0 Å². The van der Waals surface area contributed by atoms with Crippen LogP contribution in [0.3, 0.4) is 0 Å². The van der Waals surface area contributed by atoms with Crippen molar-refractivity contribution in [2.24, 2.45) is 0 Å². The lowest BCUT2D eigenvalue weighted by atomic mass is 10.2. The lowest BCUT2D eigenvalue weighted by molar-refractivity contribution is -0.120. The average molecular weight is 159 g/mol. The van der Waals surface area contributed by atoms with E-state index in [1.165, 1.54) is 0 Å². The van der Waals surface area contributed by atoms with E-state index in [1.807, 2.05) is 6.92 Å². The minimum Gasteiger partial charge on any atom is -0.465 e. The van der Waals surface area contributed by atoms with Crippen molar-refractivity contribution in [3.05, 3.63) is 0 Å². The van der Waals surface area contributed by atoms with Gasteiger partial charge in [-0.2, -0.15) is 0 Å². The standard InChI is InChI=1S/C7H13NO3/c1-2-3-4-5-6(9)8-7(10)11/h2-5H2,1H3,(H,8,9)(H,10,11). The Morgan fingerprint density at radius 3 is 2.45 bits per heavy atom. The summed E-state index contributed by atoms with van der Waals surface area (Å²) in [5.74, 6) is -0.411. The molecule has 0 aliphatic heterocycles. The number of carbonyl (C=O) groups excluding carboxylic acids is 1. The molecule has 0 unspecified atom stereocenters. The maximum Gasteiger partial charge on any atom is 0.411 e. The van der Waals surface area contributed by atoms with Crippen molar-refractivity contribution in [2.45, 2.75) is 32.6 Å². The smallest absolute Gasteiger partial charge is 0.411 e. The Morgan fingerprint density at radius 2 is 2.00 bits per heavy atom. The summed E-state index contributed by atoms with van der Waals surface area (Å²) in [6.07, 6.45) is 1.79. The Bertz CT molecular complexity index is 145. The summed E-state index contributed by atoms with van der Waals surface area (Å²) in [6.45, 7) is 2.02. The van der Waals surface area contributed by atoms with E-state index in [1.54, 1.807) is 5.32 Å². The summed E-state index contributed by atoms with van der Waals surface area (Å²) < 4.78 is 0.